The van der Waals surface area contributed by atoms with E-state index in [4.69, 9.17) is 19.9 Å². The predicted octanol–water partition coefficient (Wildman–Crippen LogP) is 3.32. The van der Waals surface area contributed by atoms with Gasteiger partial charge < -0.3 is 19.9 Å². The summed E-state index contributed by atoms with van der Waals surface area (Å²) in [6.45, 7) is 2.15. The van der Waals surface area contributed by atoms with Gasteiger partial charge in [-0.05, 0) is 12.5 Å². The molecule has 19 heavy (non-hydrogen) atoms. The highest BCUT2D eigenvalue weighted by Gasteiger charge is 2.16. The maximum atomic E-state index is 6.20. The predicted molar refractivity (Wildman–Crippen MR) is 79.8 cm³/mol. The van der Waals surface area contributed by atoms with Crippen molar-refractivity contribution in [3.63, 3.8) is 0 Å². The first-order chi connectivity index (χ1) is 8.67. The van der Waals surface area contributed by atoms with Crippen molar-refractivity contribution in [3.05, 3.63) is 17.7 Å². The lowest BCUT2D eigenvalue weighted by atomic mass is 10.0. The van der Waals surface area contributed by atoms with Crippen LogP contribution in [0.3, 0.4) is 0 Å². The summed E-state index contributed by atoms with van der Waals surface area (Å²) in [6.07, 6.45) is 3.16. The first-order valence-corrected chi connectivity index (χ1v) is 6.23. The monoisotopic (exact) mass is 289 g/mol. The number of unbranched alkanes of at least 4 members (excludes halogenated alkanes) is 1. The minimum atomic E-state index is -0.0419. The molecule has 2 N–H and O–H groups in total. The average molecular weight is 290 g/mol. The Balaban J connectivity index is 0.00000324. The molecule has 1 atom stereocenters. The number of halogens is 1. The molecule has 5 heteroatoms. The van der Waals surface area contributed by atoms with E-state index in [0.717, 1.165) is 30.6 Å². The Morgan fingerprint density at radius 3 is 2.00 bits per heavy atom. The lowest BCUT2D eigenvalue weighted by molar-refractivity contribution is 0.346. The zero-order chi connectivity index (χ0) is 13.5. The Kier molecular flexibility index (Phi) is 8.35. The van der Waals surface area contributed by atoms with Crippen molar-refractivity contribution in [1.29, 1.82) is 0 Å². The summed E-state index contributed by atoms with van der Waals surface area (Å²) in [7, 11) is 4.86. The van der Waals surface area contributed by atoms with Gasteiger partial charge in [0.25, 0.3) is 0 Å². The van der Waals surface area contributed by atoms with Gasteiger partial charge in [0, 0.05) is 17.7 Å². The van der Waals surface area contributed by atoms with Gasteiger partial charge in [0.1, 0.15) is 5.75 Å². The molecule has 0 unspecified atom stereocenters. The number of rotatable bonds is 7. The van der Waals surface area contributed by atoms with Gasteiger partial charge in [-0.3, -0.25) is 0 Å². The zero-order valence-electron chi connectivity index (χ0n) is 12.1. The number of benzene rings is 1. The van der Waals surface area contributed by atoms with Gasteiger partial charge in [0.2, 0.25) is 0 Å². The van der Waals surface area contributed by atoms with E-state index in [9.17, 15) is 0 Å². The Morgan fingerprint density at radius 1 is 1.00 bits per heavy atom. The molecule has 110 valence electrons. The summed E-state index contributed by atoms with van der Waals surface area (Å²) in [5, 5.41) is 0. The van der Waals surface area contributed by atoms with Crippen molar-refractivity contribution < 1.29 is 14.2 Å². The third-order valence-electron chi connectivity index (χ3n) is 3.00. The zero-order valence-corrected chi connectivity index (χ0v) is 12.9. The smallest absolute Gasteiger partial charge is 0.164 e. The van der Waals surface area contributed by atoms with Gasteiger partial charge in [-0.25, -0.2) is 0 Å². The maximum absolute atomic E-state index is 6.20. The van der Waals surface area contributed by atoms with Crippen molar-refractivity contribution >= 4 is 12.4 Å². The number of hydrogen-bond donors (Lipinski definition) is 1. The molecule has 0 aromatic heterocycles. The van der Waals surface area contributed by atoms with E-state index < -0.39 is 0 Å². The SMILES string of the molecule is CCCC[C@@H](N)c1cc(OC)c(OC)cc1OC.Cl. The fourth-order valence-corrected chi connectivity index (χ4v) is 1.92. The van der Waals surface area contributed by atoms with Crippen LogP contribution in [0.4, 0.5) is 0 Å². The summed E-state index contributed by atoms with van der Waals surface area (Å²) >= 11 is 0. The van der Waals surface area contributed by atoms with Crippen LogP contribution in [0, 0.1) is 0 Å². The highest BCUT2D eigenvalue weighted by Crippen LogP contribution is 2.37. The topological polar surface area (TPSA) is 53.7 Å². The van der Waals surface area contributed by atoms with E-state index in [1.54, 1.807) is 21.3 Å². The Hall–Kier alpha value is -1.13. The van der Waals surface area contributed by atoms with Crippen LogP contribution in [0.25, 0.3) is 0 Å². The molecule has 0 heterocycles. The number of methoxy groups -OCH3 is 3. The van der Waals surface area contributed by atoms with Gasteiger partial charge in [-0.15, -0.1) is 12.4 Å². The van der Waals surface area contributed by atoms with Gasteiger partial charge in [-0.1, -0.05) is 19.8 Å². The molecule has 0 bridgehead atoms. The van der Waals surface area contributed by atoms with Crippen molar-refractivity contribution in [3.8, 4) is 17.2 Å². The second kappa shape index (κ2) is 8.88. The first-order valence-electron chi connectivity index (χ1n) is 6.23. The fraction of sp³-hybridized carbons (Fsp3) is 0.571. The van der Waals surface area contributed by atoms with E-state index in [2.05, 4.69) is 6.92 Å². The Bertz CT molecular complexity index is 385. The van der Waals surface area contributed by atoms with Crippen molar-refractivity contribution in [2.24, 2.45) is 5.73 Å². The van der Waals surface area contributed by atoms with Gasteiger partial charge in [-0.2, -0.15) is 0 Å². The Morgan fingerprint density at radius 2 is 1.53 bits per heavy atom. The Labute approximate surface area is 121 Å². The lowest BCUT2D eigenvalue weighted by Gasteiger charge is -2.18. The molecule has 1 aromatic rings. The normalized spacial score (nSPS) is 11.4. The molecule has 0 spiro atoms. The van der Waals surface area contributed by atoms with Gasteiger partial charge >= 0.3 is 0 Å². The minimum absolute atomic E-state index is 0. The van der Waals surface area contributed by atoms with E-state index in [1.165, 1.54) is 0 Å². The van der Waals surface area contributed by atoms with Crippen LogP contribution >= 0.6 is 12.4 Å². The molecule has 4 nitrogen and oxygen atoms in total. The van der Waals surface area contributed by atoms with Crippen molar-refractivity contribution in [2.75, 3.05) is 21.3 Å². The number of hydrogen-bond acceptors (Lipinski definition) is 4. The van der Waals surface area contributed by atoms with Crippen molar-refractivity contribution in [2.45, 2.75) is 32.2 Å². The molecule has 0 aliphatic rings. The largest absolute Gasteiger partial charge is 0.496 e. The third-order valence-corrected chi connectivity index (χ3v) is 3.00. The molecular weight excluding hydrogens is 266 g/mol. The van der Waals surface area contributed by atoms with Crippen LogP contribution < -0.4 is 19.9 Å². The summed E-state index contributed by atoms with van der Waals surface area (Å²) in [4.78, 5) is 0. The quantitative estimate of drug-likeness (QED) is 0.836. The van der Waals surface area contributed by atoms with E-state index in [1.807, 2.05) is 12.1 Å². The summed E-state index contributed by atoms with van der Waals surface area (Å²) < 4.78 is 15.9. The molecule has 1 rings (SSSR count). The standard InChI is InChI=1S/C14H23NO3.ClH/c1-5-6-7-11(15)10-8-13(17-3)14(18-4)9-12(10)16-2;/h8-9,11H,5-7,15H2,1-4H3;1H/t11-;/m1./s1. The fourth-order valence-electron chi connectivity index (χ4n) is 1.92. The van der Waals surface area contributed by atoms with Crippen LogP contribution in [0.1, 0.15) is 37.8 Å². The molecule has 0 fully saturated rings. The van der Waals surface area contributed by atoms with Crippen LogP contribution in [0.2, 0.25) is 0 Å². The van der Waals surface area contributed by atoms with Crippen LogP contribution in [0.5, 0.6) is 17.2 Å². The second-order valence-electron chi connectivity index (χ2n) is 4.20. The van der Waals surface area contributed by atoms with E-state index in [0.29, 0.717) is 11.5 Å². The second-order valence-corrected chi connectivity index (χ2v) is 4.20. The number of nitrogens with two attached hydrogens (primary N) is 1. The maximum Gasteiger partial charge on any atom is 0.164 e. The minimum Gasteiger partial charge on any atom is -0.496 e. The highest BCUT2D eigenvalue weighted by atomic mass is 35.5. The van der Waals surface area contributed by atoms with E-state index >= 15 is 0 Å². The summed E-state index contributed by atoms with van der Waals surface area (Å²) in [5.41, 5.74) is 7.16. The molecule has 0 radical (unpaired) electrons. The van der Waals surface area contributed by atoms with Crippen LogP contribution in [-0.2, 0) is 0 Å². The van der Waals surface area contributed by atoms with Crippen molar-refractivity contribution in [1.82, 2.24) is 0 Å². The molecular formula is C14H24ClNO3. The third kappa shape index (κ3) is 4.48. The molecule has 0 aliphatic heterocycles. The average Bonchev–Trinajstić information content (AvgIpc) is 2.42. The molecule has 0 saturated carbocycles. The first kappa shape index (κ1) is 17.9. The van der Waals surface area contributed by atoms with Crippen LogP contribution in [0.15, 0.2) is 12.1 Å². The molecule has 0 aliphatic carbocycles. The molecule has 0 amide bonds. The molecule has 1 aromatic carbocycles. The summed E-state index contributed by atoms with van der Waals surface area (Å²) in [5.74, 6) is 2.08. The lowest BCUT2D eigenvalue weighted by Crippen LogP contribution is -2.12. The molecule has 0 saturated heterocycles. The van der Waals surface area contributed by atoms with E-state index in [-0.39, 0.29) is 18.4 Å². The number of ether oxygens (including phenoxy) is 3. The highest BCUT2D eigenvalue weighted by molar-refractivity contribution is 5.85. The van der Waals surface area contributed by atoms with Crippen LogP contribution in [-0.4, -0.2) is 21.3 Å². The summed E-state index contributed by atoms with van der Waals surface area (Å²) in [6, 6.07) is 3.68. The van der Waals surface area contributed by atoms with Gasteiger partial charge in [0.15, 0.2) is 11.5 Å². The van der Waals surface area contributed by atoms with Gasteiger partial charge in [0.05, 0.1) is 21.3 Å².